The third-order valence-electron chi connectivity index (χ3n) is 3.53. The van der Waals surface area contributed by atoms with Crippen LogP contribution in [0.1, 0.15) is 12.8 Å². The van der Waals surface area contributed by atoms with E-state index in [1.165, 1.54) is 12.8 Å². The van der Waals surface area contributed by atoms with Crippen molar-refractivity contribution in [3.05, 3.63) is 12.1 Å². The molecule has 0 aliphatic carbocycles. The number of hydrogen-bond acceptors (Lipinski definition) is 5. The van der Waals surface area contributed by atoms with Gasteiger partial charge in [0.05, 0.1) is 25.3 Å². The number of rotatable bonds is 4. The van der Waals surface area contributed by atoms with Gasteiger partial charge in [-0.25, -0.2) is 4.98 Å². The third-order valence-corrected chi connectivity index (χ3v) is 4.75. The summed E-state index contributed by atoms with van der Waals surface area (Å²) in [4.78, 5) is 8.01. The predicted octanol–water partition coefficient (Wildman–Crippen LogP) is 2.42. The minimum atomic E-state index is 0.639. The number of methoxy groups -OCH3 is 2. The Morgan fingerprint density at radius 3 is 2.55 bits per heavy atom. The second kappa shape index (κ2) is 5.93. The number of benzene rings is 1. The summed E-state index contributed by atoms with van der Waals surface area (Å²) in [7, 11) is 3.28. The van der Waals surface area contributed by atoms with E-state index in [1.807, 2.05) is 23.9 Å². The first kappa shape index (κ1) is 13.6. The van der Waals surface area contributed by atoms with Gasteiger partial charge < -0.3 is 19.8 Å². The number of nitrogens with one attached hydrogen (secondary N) is 2. The Labute approximate surface area is 122 Å². The molecule has 1 aromatic carbocycles. The van der Waals surface area contributed by atoms with Gasteiger partial charge in [-0.15, -0.1) is 0 Å². The van der Waals surface area contributed by atoms with Gasteiger partial charge in [0.25, 0.3) is 0 Å². The highest BCUT2D eigenvalue weighted by Gasteiger charge is 2.17. The van der Waals surface area contributed by atoms with Crippen molar-refractivity contribution < 1.29 is 9.47 Å². The average molecular weight is 293 g/mol. The first-order chi connectivity index (χ1) is 9.80. The number of piperidine rings is 1. The molecule has 1 aliphatic heterocycles. The number of imidazole rings is 1. The standard InChI is InChI=1S/C14H19N3O2S/c1-18-12-7-10-11(8-13(12)19-2)17-14(16-10)20-9-3-5-15-6-4-9/h7-9,15H,3-6H2,1-2H3,(H,16,17). The highest BCUT2D eigenvalue weighted by Crippen LogP contribution is 2.34. The van der Waals surface area contributed by atoms with Crippen LogP contribution in [0.4, 0.5) is 0 Å². The van der Waals surface area contributed by atoms with Gasteiger partial charge >= 0.3 is 0 Å². The SMILES string of the molecule is COc1cc2nc(SC3CCNCC3)[nH]c2cc1OC. The molecule has 1 fully saturated rings. The molecule has 0 atom stereocenters. The minimum absolute atomic E-state index is 0.639. The van der Waals surface area contributed by atoms with Crippen LogP contribution >= 0.6 is 11.8 Å². The van der Waals surface area contributed by atoms with Crippen LogP contribution in [0.3, 0.4) is 0 Å². The third kappa shape index (κ3) is 2.71. The molecule has 3 rings (SSSR count). The summed E-state index contributed by atoms with van der Waals surface area (Å²) in [6.07, 6.45) is 2.38. The van der Waals surface area contributed by atoms with Gasteiger partial charge in [-0.05, 0) is 25.9 Å². The van der Waals surface area contributed by atoms with Crippen LogP contribution < -0.4 is 14.8 Å². The molecule has 1 aliphatic rings. The van der Waals surface area contributed by atoms with Gasteiger partial charge in [0, 0.05) is 17.4 Å². The fourth-order valence-electron chi connectivity index (χ4n) is 2.44. The van der Waals surface area contributed by atoms with Crippen LogP contribution in [0.5, 0.6) is 11.5 Å². The fraction of sp³-hybridized carbons (Fsp3) is 0.500. The topological polar surface area (TPSA) is 59.2 Å². The molecule has 1 aromatic heterocycles. The number of fused-ring (bicyclic) bond motifs is 1. The quantitative estimate of drug-likeness (QED) is 0.906. The summed E-state index contributed by atoms with van der Waals surface area (Å²) in [6.45, 7) is 2.19. The van der Waals surface area contributed by atoms with E-state index < -0.39 is 0 Å². The highest BCUT2D eigenvalue weighted by molar-refractivity contribution is 7.99. The smallest absolute Gasteiger partial charge is 0.166 e. The van der Waals surface area contributed by atoms with E-state index >= 15 is 0 Å². The van der Waals surface area contributed by atoms with E-state index in [1.54, 1.807) is 14.2 Å². The molecule has 2 heterocycles. The van der Waals surface area contributed by atoms with Crippen LogP contribution in [0.25, 0.3) is 11.0 Å². The average Bonchev–Trinajstić information content (AvgIpc) is 2.87. The molecular weight excluding hydrogens is 274 g/mol. The molecule has 5 nitrogen and oxygen atoms in total. The maximum Gasteiger partial charge on any atom is 0.166 e. The van der Waals surface area contributed by atoms with Gasteiger partial charge in [0.2, 0.25) is 0 Å². The number of aromatic nitrogens is 2. The lowest BCUT2D eigenvalue weighted by Gasteiger charge is -2.20. The number of nitrogens with zero attached hydrogens (tertiary/aromatic N) is 1. The largest absolute Gasteiger partial charge is 0.493 e. The van der Waals surface area contributed by atoms with Crippen LogP contribution in [-0.4, -0.2) is 42.5 Å². The van der Waals surface area contributed by atoms with Crippen molar-refractivity contribution in [3.63, 3.8) is 0 Å². The normalized spacial score (nSPS) is 16.5. The first-order valence-corrected chi connectivity index (χ1v) is 7.67. The zero-order valence-corrected chi connectivity index (χ0v) is 12.5. The van der Waals surface area contributed by atoms with Crippen LogP contribution in [0.15, 0.2) is 17.3 Å². The van der Waals surface area contributed by atoms with Gasteiger partial charge in [0.1, 0.15) is 0 Å². The lowest BCUT2D eigenvalue weighted by Crippen LogP contribution is -2.29. The molecule has 0 radical (unpaired) electrons. The summed E-state index contributed by atoms with van der Waals surface area (Å²) in [6, 6.07) is 3.85. The Morgan fingerprint density at radius 1 is 1.15 bits per heavy atom. The number of aromatic amines is 1. The van der Waals surface area contributed by atoms with Crippen molar-refractivity contribution in [2.24, 2.45) is 0 Å². The zero-order chi connectivity index (χ0) is 13.9. The lowest BCUT2D eigenvalue weighted by atomic mass is 10.2. The van der Waals surface area contributed by atoms with Gasteiger partial charge in [-0.3, -0.25) is 0 Å². The molecule has 1 saturated heterocycles. The van der Waals surface area contributed by atoms with E-state index in [-0.39, 0.29) is 0 Å². The van der Waals surface area contributed by atoms with Crippen molar-refractivity contribution in [1.82, 2.24) is 15.3 Å². The predicted molar refractivity (Wildman–Crippen MR) is 80.9 cm³/mol. The number of ether oxygens (including phenoxy) is 2. The van der Waals surface area contributed by atoms with Crippen LogP contribution in [0.2, 0.25) is 0 Å². The van der Waals surface area contributed by atoms with Crippen molar-refractivity contribution in [2.75, 3.05) is 27.3 Å². The Morgan fingerprint density at radius 2 is 1.85 bits per heavy atom. The highest BCUT2D eigenvalue weighted by atomic mass is 32.2. The molecule has 20 heavy (non-hydrogen) atoms. The summed E-state index contributed by atoms with van der Waals surface area (Å²) < 4.78 is 10.6. The summed E-state index contributed by atoms with van der Waals surface area (Å²) in [5.74, 6) is 1.44. The van der Waals surface area contributed by atoms with Gasteiger partial charge in [-0.2, -0.15) is 0 Å². The van der Waals surface area contributed by atoms with Crippen molar-refractivity contribution in [1.29, 1.82) is 0 Å². The second-order valence-electron chi connectivity index (χ2n) is 4.83. The first-order valence-electron chi connectivity index (χ1n) is 6.79. The molecule has 0 unspecified atom stereocenters. The molecule has 0 spiro atoms. The maximum absolute atomic E-state index is 5.32. The molecule has 0 saturated carbocycles. The Kier molecular flexibility index (Phi) is 4.03. The monoisotopic (exact) mass is 293 g/mol. The molecule has 6 heteroatoms. The molecule has 108 valence electrons. The number of thioether (sulfide) groups is 1. The zero-order valence-electron chi connectivity index (χ0n) is 11.7. The van der Waals surface area contributed by atoms with Crippen molar-refractivity contribution >= 4 is 22.8 Å². The molecule has 2 aromatic rings. The van der Waals surface area contributed by atoms with Crippen molar-refractivity contribution in [2.45, 2.75) is 23.2 Å². The Bertz CT molecular complexity index is 552. The van der Waals surface area contributed by atoms with Gasteiger partial charge in [0.15, 0.2) is 16.7 Å². The van der Waals surface area contributed by atoms with E-state index in [2.05, 4.69) is 15.3 Å². The minimum Gasteiger partial charge on any atom is -0.493 e. The fourth-order valence-corrected chi connectivity index (χ4v) is 3.55. The molecule has 0 amide bonds. The summed E-state index contributed by atoms with van der Waals surface area (Å²) in [5.41, 5.74) is 1.90. The number of H-pyrrole nitrogens is 1. The molecular formula is C14H19N3O2S. The van der Waals surface area contributed by atoms with Crippen molar-refractivity contribution in [3.8, 4) is 11.5 Å². The van der Waals surface area contributed by atoms with E-state index in [0.717, 1.165) is 35.0 Å². The van der Waals surface area contributed by atoms with E-state index in [0.29, 0.717) is 11.0 Å². The van der Waals surface area contributed by atoms with E-state index in [4.69, 9.17) is 9.47 Å². The van der Waals surface area contributed by atoms with Gasteiger partial charge in [-0.1, -0.05) is 11.8 Å². The maximum atomic E-state index is 5.32. The molecule has 2 N–H and O–H groups in total. The Balaban J connectivity index is 1.85. The molecule has 0 bridgehead atoms. The Hall–Kier alpha value is -1.40. The summed E-state index contributed by atoms with van der Waals surface area (Å²) in [5, 5.41) is 4.99. The van der Waals surface area contributed by atoms with Crippen LogP contribution in [0, 0.1) is 0 Å². The lowest BCUT2D eigenvalue weighted by molar-refractivity contribution is 0.356. The second-order valence-corrected chi connectivity index (χ2v) is 6.12. The summed E-state index contributed by atoms with van der Waals surface area (Å²) >= 11 is 1.83. The van der Waals surface area contributed by atoms with E-state index in [9.17, 15) is 0 Å². The number of hydrogen-bond donors (Lipinski definition) is 2. The van der Waals surface area contributed by atoms with Crippen LogP contribution in [-0.2, 0) is 0 Å².